The standard InChI is InChI=1S/C46H27NOS/c1-2-13-31-25-44-39(24-30(31)12-1)40-27-42(35-17-7-8-18-37(35)46(40)49-44)47(41-19-9-14-28-10-3-5-15-33(28)41)32-21-23-43-38(26-32)36-22-20-29-11-4-6-16-34(29)45(36)48-43/h1-27H. The first-order valence-corrected chi connectivity index (χ1v) is 17.5. The molecule has 9 aromatic carbocycles. The van der Waals surface area contributed by atoms with Crippen LogP contribution in [-0.4, -0.2) is 0 Å². The van der Waals surface area contributed by atoms with Crippen LogP contribution in [0.15, 0.2) is 168 Å². The molecule has 0 unspecified atom stereocenters. The summed E-state index contributed by atoms with van der Waals surface area (Å²) in [4.78, 5) is 2.47. The highest BCUT2D eigenvalue weighted by atomic mass is 32.1. The molecule has 11 aromatic rings. The molecule has 0 atom stereocenters. The summed E-state index contributed by atoms with van der Waals surface area (Å²) in [5, 5.41) is 14.6. The van der Waals surface area contributed by atoms with Crippen LogP contribution in [0.4, 0.5) is 17.1 Å². The van der Waals surface area contributed by atoms with Gasteiger partial charge in [0.15, 0.2) is 0 Å². The first kappa shape index (κ1) is 26.9. The van der Waals surface area contributed by atoms with Crippen LogP contribution in [0, 0.1) is 0 Å². The van der Waals surface area contributed by atoms with E-state index in [-0.39, 0.29) is 0 Å². The second-order valence-corrected chi connectivity index (χ2v) is 13.9. The maximum atomic E-state index is 6.57. The maximum absolute atomic E-state index is 6.57. The molecule has 0 aliphatic heterocycles. The molecule has 228 valence electrons. The van der Waals surface area contributed by atoms with Gasteiger partial charge in [-0.1, -0.05) is 115 Å². The highest BCUT2D eigenvalue weighted by Gasteiger charge is 2.22. The summed E-state index contributed by atoms with van der Waals surface area (Å²) < 4.78 is 9.20. The topological polar surface area (TPSA) is 16.4 Å². The molecule has 49 heavy (non-hydrogen) atoms. The quantitative estimate of drug-likeness (QED) is 0.191. The predicted molar refractivity (Wildman–Crippen MR) is 211 cm³/mol. The first-order chi connectivity index (χ1) is 24.3. The van der Waals surface area contributed by atoms with E-state index in [2.05, 4.69) is 169 Å². The fourth-order valence-electron chi connectivity index (χ4n) is 7.89. The molecule has 0 aliphatic carbocycles. The van der Waals surface area contributed by atoms with Crippen molar-refractivity contribution in [1.82, 2.24) is 0 Å². The van der Waals surface area contributed by atoms with Gasteiger partial charge >= 0.3 is 0 Å². The Kier molecular flexibility index (Phi) is 5.57. The zero-order valence-corrected chi connectivity index (χ0v) is 27.2. The lowest BCUT2D eigenvalue weighted by atomic mass is 9.99. The Hall–Kier alpha value is -6.16. The number of fused-ring (bicyclic) bond motifs is 12. The monoisotopic (exact) mass is 641 g/mol. The van der Waals surface area contributed by atoms with Gasteiger partial charge in [0.1, 0.15) is 11.2 Å². The van der Waals surface area contributed by atoms with Crippen LogP contribution in [0.1, 0.15) is 0 Å². The lowest BCUT2D eigenvalue weighted by Crippen LogP contribution is -2.11. The van der Waals surface area contributed by atoms with Crippen molar-refractivity contribution in [3.05, 3.63) is 164 Å². The second kappa shape index (κ2) is 10.2. The number of furan rings is 1. The Balaban J connectivity index is 1.26. The minimum atomic E-state index is 0.893. The van der Waals surface area contributed by atoms with Crippen molar-refractivity contribution in [3.63, 3.8) is 0 Å². The first-order valence-electron chi connectivity index (χ1n) is 16.7. The highest BCUT2D eigenvalue weighted by molar-refractivity contribution is 7.26. The van der Waals surface area contributed by atoms with Gasteiger partial charge < -0.3 is 9.32 Å². The van der Waals surface area contributed by atoms with E-state index < -0.39 is 0 Å². The summed E-state index contributed by atoms with van der Waals surface area (Å²) in [5.41, 5.74) is 5.22. The molecule has 0 fully saturated rings. The molecule has 0 bridgehead atoms. The van der Waals surface area contributed by atoms with Crippen LogP contribution in [-0.2, 0) is 0 Å². The Morgan fingerprint density at radius 1 is 0.388 bits per heavy atom. The summed E-state index contributed by atoms with van der Waals surface area (Å²) in [6, 6.07) is 59.6. The average Bonchev–Trinajstić information content (AvgIpc) is 3.72. The fourth-order valence-corrected chi connectivity index (χ4v) is 9.14. The van der Waals surface area contributed by atoms with Crippen molar-refractivity contribution >= 4 is 114 Å². The third-order valence-electron chi connectivity index (χ3n) is 10.2. The fraction of sp³-hybridized carbons (Fsp3) is 0. The molecule has 0 amide bonds. The van der Waals surface area contributed by atoms with E-state index in [9.17, 15) is 0 Å². The predicted octanol–water partition coefficient (Wildman–Crippen LogP) is 14.0. The smallest absolute Gasteiger partial charge is 0.143 e. The highest BCUT2D eigenvalue weighted by Crippen LogP contribution is 2.49. The minimum Gasteiger partial charge on any atom is -0.455 e. The third kappa shape index (κ3) is 3.94. The molecule has 0 saturated carbocycles. The van der Waals surface area contributed by atoms with Crippen molar-refractivity contribution in [1.29, 1.82) is 0 Å². The van der Waals surface area contributed by atoms with Crippen molar-refractivity contribution in [2.24, 2.45) is 0 Å². The summed E-state index contributed by atoms with van der Waals surface area (Å²) in [5.74, 6) is 0. The molecule has 2 heterocycles. The van der Waals surface area contributed by atoms with E-state index in [1.807, 2.05) is 11.3 Å². The van der Waals surface area contributed by atoms with Crippen LogP contribution >= 0.6 is 11.3 Å². The number of hydrogen-bond acceptors (Lipinski definition) is 3. The molecule has 0 aliphatic rings. The van der Waals surface area contributed by atoms with Crippen molar-refractivity contribution < 1.29 is 4.42 Å². The summed E-state index contributed by atoms with van der Waals surface area (Å²) in [7, 11) is 0. The largest absolute Gasteiger partial charge is 0.455 e. The van der Waals surface area contributed by atoms with Crippen molar-refractivity contribution in [3.8, 4) is 0 Å². The van der Waals surface area contributed by atoms with Gasteiger partial charge in [-0.05, 0) is 70.1 Å². The van der Waals surface area contributed by atoms with E-state index >= 15 is 0 Å². The normalized spacial score (nSPS) is 12.1. The average molecular weight is 642 g/mol. The molecule has 0 N–H and O–H groups in total. The van der Waals surface area contributed by atoms with Gasteiger partial charge in [-0.2, -0.15) is 0 Å². The molecule has 3 heteroatoms. The molecule has 0 spiro atoms. The molecule has 2 aromatic heterocycles. The van der Waals surface area contributed by atoms with E-state index in [0.29, 0.717) is 0 Å². The molecule has 0 radical (unpaired) electrons. The zero-order valence-electron chi connectivity index (χ0n) is 26.4. The molecular weight excluding hydrogens is 615 g/mol. The summed E-state index contributed by atoms with van der Waals surface area (Å²) in [6.07, 6.45) is 0. The minimum absolute atomic E-state index is 0.893. The number of rotatable bonds is 3. The van der Waals surface area contributed by atoms with Crippen molar-refractivity contribution in [2.75, 3.05) is 4.90 Å². The Bertz CT molecular complexity index is 3120. The number of anilines is 3. The van der Waals surface area contributed by atoms with Crippen LogP contribution in [0.3, 0.4) is 0 Å². The lowest BCUT2D eigenvalue weighted by molar-refractivity contribution is 0.672. The van der Waals surface area contributed by atoms with Crippen molar-refractivity contribution in [2.45, 2.75) is 0 Å². The van der Waals surface area contributed by atoms with Crippen LogP contribution in [0.2, 0.25) is 0 Å². The molecule has 11 rings (SSSR count). The molecule has 0 saturated heterocycles. The van der Waals surface area contributed by atoms with E-state index in [1.165, 1.54) is 57.9 Å². The van der Waals surface area contributed by atoms with E-state index in [4.69, 9.17) is 4.42 Å². The lowest BCUT2D eigenvalue weighted by Gasteiger charge is -2.28. The van der Waals surface area contributed by atoms with Crippen LogP contribution < -0.4 is 4.90 Å². The van der Waals surface area contributed by atoms with Gasteiger partial charge in [0, 0.05) is 58.2 Å². The number of hydrogen-bond donors (Lipinski definition) is 0. The molecular formula is C46H27NOS. The summed E-state index contributed by atoms with van der Waals surface area (Å²) >= 11 is 1.89. The van der Waals surface area contributed by atoms with E-state index in [0.717, 1.165) is 44.4 Å². The second-order valence-electron chi connectivity index (χ2n) is 12.9. The van der Waals surface area contributed by atoms with Gasteiger partial charge in [-0.15, -0.1) is 11.3 Å². The van der Waals surface area contributed by atoms with Crippen LogP contribution in [0.5, 0.6) is 0 Å². The molecule has 2 nitrogen and oxygen atoms in total. The number of benzene rings is 9. The van der Waals surface area contributed by atoms with Gasteiger partial charge in [0.25, 0.3) is 0 Å². The SMILES string of the molecule is c1ccc2cc3c(cc2c1)sc1c2ccccc2c(N(c2ccc4oc5c6ccccc6ccc5c4c2)c2cccc4ccccc24)cc31. The number of nitrogens with zero attached hydrogens (tertiary/aromatic N) is 1. The zero-order chi connectivity index (χ0) is 32.1. The van der Waals surface area contributed by atoms with Gasteiger partial charge in [0.05, 0.1) is 11.4 Å². The van der Waals surface area contributed by atoms with Gasteiger partial charge in [-0.3, -0.25) is 0 Å². The maximum Gasteiger partial charge on any atom is 0.143 e. The van der Waals surface area contributed by atoms with Gasteiger partial charge in [-0.25, -0.2) is 0 Å². The Morgan fingerprint density at radius 2 is 1.06 bits per heavy atom. The Morgan fingerprint density at radius 3 is 1.90 bits per heavy atom. The van der Waals surface area contributed by atoms with Gasteiger partial charge in [0.2, 0.25) is 0 Å². The van der Waals surface area contributed by atoms with Crippen LogP contribution in [0.25, 0.3) is 85.2 Å². The summed E-state index contributed by atoms with van der Waals surface area (Å²) in [6.45, 7) is 0. The van der Waals surface area contributed by atoms with E-state index in [1.54, 1.807) is 0 Å². The third-order valence-corrected chi connectivity index (χ3v) is 11.4. The Labute approximate surface area is 285 Å². The number of thiophene rings is 1.